The summed E-state index contributed by atoms with van der Waals surface area (Å²) in [6.07, 6.45) is 7.05. The van der Waals surface area contributed by atoms with Gasteiger partial charge in [0.05, 0.1) is 6.61 Å². The van der Waals surface area contributed by atoms with Crippen LogP contribution in [0.5, 0.6) is 0 Å². The van der Waals surface area contributed by atoms with Crippen LogP contribution in [-0.2, 0) is 26.0 Å². The first-order valence-electron chi connectivity index (χ1n) is 11.6. The van der Waals surface area contributed by atoms with Crippen LogP contribution in [0.1, 0.15) is 45.6 Å². The molecule has 12 heteroatoms. The number of rotatable bonds is 10. The van der Waals surface area contributed by atoms with E-state index in [1.54, 1.807) is 12.6 Å². The van der Waals surface area contributed by atoms with Crippen molar-refractivity contribution in [3.05, 3.63) is 18.0 Å². The minimum Gasteiger partial charge on any atom is -0.383 e. The Morgan fingerprint density at radius 3 is 2.29 bits per heavy atom. The summed E-state index contributed by atoms with van der Waals surface area (Å²) in [5.41, 5.74) is 2.71. The van der Waals surface area contributed by atoms with Gasteiger partial charge in [0.15, 0.2) is 4.75 Å². The van der Waals surface area contributed by atoms with Crippen LogP contribution in [0.25, 0.3) is 0 Å². The Morgan fingerprint density at radius 2 is 1.76 bits per heavy atom. The van der Waals surface area contributed by atoms with Gasteiger partial charge in [0.2, 0.25) is 16.0 Å². The fourth-order valence-corrected chi connectivity index (χ4v) is 6.58. The molecule has 0 bridgehead atoms. The quantitative estimate of drug-likeness (QED) is 0.355. The smallest absolute Gasteiger partial charge is 0.266 e. The van der Waals surface area contributed by atoms with Crippen molar-refractivity contribution in [1.82, 2.24) is 24.7 Å². The lowest BCUT2D eigenvalue weighted by atomic mass is 9.95. The van der Waals surface area contributed by atoms with Crippen LogP contribution in [0.2, 0.25) is 0 Å². The molecule has 0 saturated carbocycles. The highest BCUT2D eigenvalue weighted by molar-refractivity contribution is 7.91. The zero-order valence-electron chi connectivity index (χ0n) is 19.6. The molecule has 0 atom stereocenters. The van der Waals surface area contributed by atoms with Crippen molar-refractivity contribution >= 4 is 21.9 Å². The van der Waals surface area contributed by atoms with Crippen LogP contribution in [0.3, 0.4) is 0 Å². The predicted octanol–water partition coefficient (Wildman–Crippen LogP) is 0.894. The molecule has 0 aromatic carbocycles. The number of piperidine rings is 1. The summed E-state index contributed by atoms with van der Waals surface area (Å²) >= 11 is 0. The predicted molar refractivity (Wildman–Crippen MR) is 130 cm³/mol. The minimum absolute atomic E-state index is 0. The minimum atomic E-state index is -3.99. The second-order valence-corrected chi connectivity index (χ2v) is 10.9. The molecule has 2 fully saturated rings. The highest BCUT2D eigenvalue weighted by Gasteiger charge is 2.55. The number of nitrogens with zero attached hydrogens (tertiary/aromatic N) is 5. The molecule has 194 valence electrons. The zero-order valence-corrected chi connectivity index (χ0v) is 20.4. The van der Waals surface area contributed by atoms with Crippen molar-refractivity contribution in [2.45, 2.75) is 51.2 Å². The Kier molecular flexibility index (Phi) is 10.6. The van der Waals surface area contributed by atoms with E-state index in [-0.39, 0.29) is 33.4 Å². The molecule has 2 aliphatic rings. The van der Waals surface area contributed by atoms with Crippen molar-refractivity contribution < 1.29 is 23.2 Å². The third-order valence-electron chi connectivity index (χ3n) is 6.66. The van der Waals surface area contributed by atoms with Crippen LogP contribution in [0.4, 0.5) is 5.95 Å². The van der Waals surface area contributed by atoms with Crippen LogP contribution in [0.15, 0.2) is 12.4 Å². The van der Waals surface area contributed by atoms with E-state index in [0.717, 1.165) is 24.8 Å². The second kappa shape index (κ2) is 12.7. The Hall–Kier alpha value is -1.86. The molecule has 34 heavy (non-hydrogen) atoms. The highest BCUT2D eigenvalue weighted by Crippen LogP contribution is 2.34. The molecule has 3 heterocycles. The number of likely N-dealkylation sites (tertiary alicyclic amines) is 1. The number of nitrogens with one attached hydrogen (secondary N) is 1. The van der Waals surface area contributed by atoms with Gasteiger partial charge in [0.25, 0.3) is 5.91 Å². The largest absolute Gasteiger partial charge is 0.383 e. The molecule has 2 N–H and O–H groups in total. The Morgan fingerprint density at radius 1 is 1.15 bits per heavy atom. The molecule has 0 unspecified atom stereocenters. The van der Waals surface area contributed by atoms with E-state index < -0.39 is 20.7 Å². The summed E-state index contributed by atoms with van der Waals surface area (Å²) in [5, 5.41) is 9.35. The molecule has 1 amide bonds. The first kappa shape index (κ1) is 28.4. The van der Waals surface area contributed by atoms with E-state index in [0.29, 0.717) is 45.3 Å². The van der Waals surface area contributed by atoms with Gasteiger partial charge >= 0.3 is 0 Å². The molecule has 1 aromatic rings. The highest BCUT2D eigenvalue weighted by atomic mass is 32.2. The molecule has 2 saturated heterocycles. The van der Waals surface area contributed by atoms with Gasteiger partial charge in [0, 0.05) is 65.3 Å². The molecular weight excluding hydrogens is 460 g/mol. The van der Waals surface area contributed by atoms with E-state index >= 15 is 0 Å². The maximum atomic E-state index is 13.6. The average molecular weight is 501 g/mol. The number of ether oxygens (including phenoxy) is 1. The van der Waals surface area contributed by atoms with Crippen molar-refractivity contribution in [1.29, 1.82) is 0 Å². The Bertz CT molecular complexity index is 866. The van der Waals surface area contributed by atoms with Gasteiger partial charge in [-0.3, -0.25) is 10.0 Å². The van der Waals surface area contributed by atoms with Crippen LogP contribution in [-0.4, -0.2) is 103 Å². The van der Waals surface area contributed by atoms with Gasteiger partial charge in [-0.2, -0.15) is 4.31 Å². The van der Waals surface area contributed by atoms with Crippen molar-refractivity contribution in [3.8, 4) is 0 Å². The van der Waals surface area contributed by atoms with Gasteiger partial charge in [-0.1, -0.05) is 20.8 Å². The summed E-state index contributed by atoms with van der Waals surface area (Å²) in [4.78, 5) is 25.6. The summed E-state index contributed by atoms with van der Waals surface area (Å²) in [5.74, 6) is -0.274. The summed E-state index contributed by atoms with van der Waals surface area (Å²) < 4.78 is 32.1. The summed E-state index contributed by atoms with van der Waals surface area (Å²) in [6, 6.07) is 0. The third-order valence-corrected chi connectivity index (χ3v) is 9.28. The zero-order chi connectivity index (χ0) is 23.9. The monoisotopic (exact) mass is 500 g/mol. The number of carbonyl (C=O) groups is 1. The van der Waals surface area contributed by atoms with Gasteiger partial charge in [-0.15, -0.1) is 0 Å². The molecule has 0 aliphatic carbocycles. The van der Waals surface area contributed by atoms with Crippen LogP contribution in [0, 0.1) is 0 Å². The van der Waals surface area contributed by atoms with Gasteiger partial charge in [0.1, 0.15) is 0 Å². The SMILES string of the molecule is C.CCCCc1cnc(N2CCN(S(=O)(=O)C3(C(=O)NO)CCN(CCOC)CC3)CC2)nc1. The fraction of sp³-hybridized carbons (Fsp3) is 0.773. The van der Waals surface area contributed by atoms with Gasteiger partial charge < -0.3 is 14.5 Å². The number of amides is 1. The normalized spacial score (nSPS) is 19.4. The Balaban J connectivity index is 0.00000408. The summed E-state index contributed by atoms with van der Waals surface area (Å²) in [7, 11) is -2.37. The van der Waals surface area contributed by atoms with E-state index in [2.05, 4.69) is 21.8 Å². The van der Waals surface area contributed by atoms with Gasteiger partial charge in [-0.05, 0) is 31.2 Å². The summed E-state index contributed by atoms with van der Waals surface area (Å²) in [6.45, 7) is 5.56. The topological polar surface area (TPSA) is 128 Å². The number of aromatic nitrogens is 2. The van der Waals surface area contributed by atoms with E-state index in [1.165, 1.54) is 4.31 Å². The molecule has 0 spiro atoms. The fourth-order valence-electron chi connectivity index (χ4n) is 4.46. The number of hydroxylamine groups is 1. The third kappa shape index (κ3) is 6.03. The van der Waals surface area contributed by atoms with Crippen LogP contribution >= 0.6 is 0 Å². The number of piperazine rings is 1. The van der Waals surface area contributed by atoms with E-state index in [4.69, 9.17) is 4.74 Å². The van der Waals surface area contributed by atoms with Crippen molar-refractivity contribution in [2.75, 3.05) is 64.4 Å². The lowest BCUT2D eigenvalue weighted by molar-refractivity contribution is -0.133. The van der Waals surface area contributed by atoms with E-state index in [9.17, 15) is 18.4 Å². The number of carbonyl (C=O) groups excluding carboxylic acids is 1. The Labute approximate surface area is 203 Å². The lowest BCUT2D eigenvalue weighted by Crippen LogP contribution is -2.63. The first-order valence-corrected chi connectivity index (χ1v) is 13.0. The van der Waals surface area contributed by atoms with Gasteiger partial charge in [-0.25, -0.2) is 23.9 Å². The first-order chi connectivity index (χ1) is 15.9. The van der Waals surface area contributed by atoms with Crippen molar-refractivity contribution in [2.24, 2.45) is 0 Å². The number of aryl methyl sites for hydroxylation is 1. The maximum Gasteiger partial charge on any atom is 0.266 e. The van der Waals surface area contributed by atoms with Crippen molar-refractivity contribution in [3.63, 3.8) is 0 Å². The number of unbranched alkanes of at least 4 members (excludes halogenated alkanes) is 1. The number of sulfonamides is 1. The number of anilines is 1. The number of methoxy groups -OCH3 is 1. The molecular formula is C22H40N6O5S. The number of hydrogen-bond donors (Lipinski definition) is 2. The molecule has 0 radical (unpaired) electrons. The van der Waals surface area contributed by atoms with E-state index in [1.807, 2.05) is 17.3 Å². The molecule has 3 rings (SSSR count). The number of hydrogen-bond acceptors (Lipinski definition) is 9. The molecule has 1 aromatic heterocycles. The van der Waals surface area contributed by atoms with Crippen LogP contribution < -0.4 is 10.4 Å². The lowest BCUT2D eigenvalue weighted by Gasteiger charge is -2.43. The molecule has 2 aliphatic heterocycles. The average Bonchev–Trinajstić information content (AvgIpc) is 2.86. The second-order valence-electron chi connectivity index (χ2n) is 8.66. The maximum absolute atomic E-state index is 13.6. The standard InChI is InChI=1S/C21H36N6O5S.CH4/c1-3-4-5-18-16-22-20(23-17-18)26-10-12-27(13-11-26)33(30,31)21(19(28)24-29)6-8-25(9-7-21)14-15-32-2;/h16-17,29H,3-15H2,1-2H3,(H,24,28);1H4. The molecule has 11 nitrogen and oxygen atoms in total.